The summed E-state index contributed by atoms with van der Waals surface area (Å²) in [4.78, 5) is 16.7. The fourth-order valence-electron chi connectivity index (χ4n) is 2.90. The van der Waals surface area contributed by atoms with Crippen molar-refractivity contribution in [2.75, 3.05) is 39.3 Å². The molecule has 5 nitrogen and oxygen atoms in total. The van der Waals surface area contributed by atoms with Crippen LogP contribution in [0.15, 0.2) is 30.3 Å². The maximum atomic E-state index is 11.7. The van der Waals surface area contributed by atoms with Crippen LogP contribution in [0.4, 0.5) is 0 Å². The zero-order chi connectivity index (χ0) is 17.4. The van der Waals surface area contributed by atoms with Crippen LogP contribution in [0, 0.1) is 0 Å². The molecule has 0 saturated carbocycles. The quantitative estimate of drug-likeness (QED) is 0.609. The molecule has 1 aliphatic heterocycles. The van der Waals surface area contributed by atoms with Crippen molar-refractivity contribution in [1.82, 2.24) is 15.1 Å². The molecule has 1 fully saturated rings. The molecule has 0 aromatic heterocycles. The van der Waals surface area contributed by atoms with E-state index in [-0.39, 0.29) is 43.1 Å². The van der Waals surface area contributed by atoms with E-state index in [1.165, 1.54) is 5.56 Å². The van der Waals surface area contributed by atoms with Gasteiger partial charge in [0.05, 0.1) is 5.54 Å². The van der Waals surface area contributed by atoms with Crippen LogP contribution in [-0.4, -0.2) is 60.5 Å². The van der Waals surface area contributed by atoms with E-state index in [0.717, 1.165) is 52.1 Å². The third-order valence-corrected chi connectivity index (χ3v) is 4.49. The molecule has 1 saturated heterocycles. The first-order valence-electron chi connectivity index (χ1n) is 9.01. The van der Waals surface area contributed by atoms with Gasteiger partial charge >= 0.3 is 0 Å². The number of benzene rings is 1. The van der Waals surface area contributed by atoms with Crippen LogP contribution < -0.4 is 11.1 Å². The Morgan fingerprint density at radius 2 is 1.56 bits per heavy atom. The normalized spacial score (nSPS) is 15.1. The van der Waals surface area contributed by atoms with Crippen molar-refractivity contribution in [3.8, 4) is 0 Å². The Labute approximate surface area is 182 Å². The minimum absolute atomic E-state index is 0. The Bertz CT molecular complexity index is 503. The van der Waals surface area contributed by atoms with Gasteiger partial charge in [0.25, 0.3) is 0 Å². The summed E-state index contributed by atoms with van der Waals surface area (Å²) in [6.45, 7) is 10.9. The molecule has 0 bridgehead atoms. The molecule has 0 aliphatic carbocycles. The lowest BCUT2D eigenvalue weighted by molar-refractivity contribution is -0.125. The van der Waals surface area contributed by atoms with Gasteiger partial charge in [0.15, 0.2) is 0 Å². The molecule has 0 unspecified atom stereocenters. The van der Waals surface area contributed by atoms with Crippen LogP contribution in [0.5, 0.6) is 0 Å². The zero-order valence-electron chi connectivity index (χ0n) is 16.4. The van der Waals surface area contributed by atoms with Crippen molar-refractivity contribution in [2.45, 2.75) is 38.8 Å². The first kappa shape index (κ1) is 28.6. The molecule has 8 heteroatoms. The third kappa shape index (κ3) is 11.1. The van der Waals surface area contributed by atoms with Gasteiger partial charge in [0.2, 0.25) is 5.91 Å². The number of hydrogen-bond donors (Lipinski definition) is 2. The number of piperazine rings is 1. The molecule has 0 radical (unpaired) electrons. The Balaban J connectivity index is 0. The van der Waals surface area contributed by atoms with Crippen LogP contribution in [-0.2, 0) is 11.3 Å². The molecule has 1 aromatic rings. The first-order chi connectivity index (χ1) is 11.4. The number of nitrogens with zero attached hydrogens (tertiary/aromatic N) is 2. The van der Waals surface area contributed by atoms with E-state index in [2.05, 4.69) is 45.4 Å². The van der Waals surface area contributed by atoms with Crippen molar-refractivity contribution >= 4 is 43.1 Å². The number of nitrogens with two attached hydrogens (primary N) is 1. The molecule has 158 valence electrons. The maximum absolute atomic E-state index is 11.7. The fraction of sp³-hybridized carbons (Fsp3) is 0.632. The lowest BCUT2D eigenvalue weighted by atomic mass is 10.1. The summed E-state index contributed by atoms with van der Waals surface area (Å²) < 4.78 is 0. The largest absolute Gasteiger partial charge is 0.355 e. The summed E-state index contributed by atoms with van der Waals surface area (Å²) in [7, 11) is 0. The molecular weight excluding hydrogens is 407 g/mol. The predicted molar refractivity (Wildman–Crippen MR) is 120 cm³/mol. The van der Waals surface area contributed by atoms with E-state index in [4.69, 9.17) is 5.73 Å². The van der Waals surface area contributed by atoms with Gasteiger partial charge in [-0.25, -0.2) is 0 Å². The summed E-state index contributed by atoms with van der Waals surface area (Å²) in [5, 5.41) is 2.90. The smallest absolute Gasteiger partial charge is 0.239 e. The van der Waals surface area contributed by atoms with Gasteiger partial charge < -0.3 is 16.0 Å². The molecule has 0 atom stereocenters. The van der Waals surface area contributed by atoms with Gasteiger partial charge in [0.1, 0.15) is 0 Å². The number of halogens is 3. The zero-order valence-corrected chi connectivity index (χ0v) is 18.8. The molecule has 1 aliphatic rings. The second kappa shape index (κ2) is 14.4. The topological polar surface area (TPSA) is 61.6 Å². The highest BCUT2D eigenvalue weighted by Crippen LogP contribution is 2.09. The Hall–Kier alpha value is -0.560. The lowest BCUT2D eigenvalue weighted by Gasteiger charge is -2.34. The van der Waals surface area contributed by atoms with Crippen LogP contribution in [0.1, 0.15) is 32.3 Å². The Morgan fingerprint density at radius 3 is 2.11 bits per heavy atom. The third-order valence-electron chi connectivity index (χ3n) is 4.49. The molecule has 2 rings (SSSR count). The summed E-state index contributed by atoms with van der Waals surface area (Å²) >= 11 is 0. The second-order valence-electron chi connectivity index (χ2n) is 7.29. The van der Waals surface area contributed by atoms with Crippen molar-refractivity contribution in [3.05, 3.63) is 35.9 Å². The molecule has 1 heterocycles. The summed E-state index contributed by atoms with van der Waals surface area (Å²) in [5.41, 5.74) is 6.36. The molecule has 27 heavy (non-hydrogen) atoms. The van der Waals surface area contributed by atoms with E-state index >= 15 is 0 Å². The Morgan fingerprint density at radius 1 is 1.00 bits per heavy atom. The summed E-state index contributed by atoms with van der Waals surface area (Å²) in [6.07, 6.45) is 2.12. The molecule has 1 amide bonds. The van der Waals surface area contributed by atoms with Crippen molar-refractivity contribution in [1.29, 1.82) is 0 Å². The highest BCUT2D eigenvalue weighted by molar-refractivity contribution is 5.86. The summed E-state index contributed by atoms with van der Waals surface area (Å²) in [5.74, 6) is -0.0722. The van der Waals surface area contributed by atoms with Crippen LogP contribution in [0.2, 0.25) is 0 Å². The number of unbranched alkanes of at least 4 members (excludes halogenated alkanes) is 1. The van der Waals surface area contributed by atoms with Gasteiger partial charge in [-0.3, -0.25) is 9.69 Å². The van der Waals surface area contributed by atoms with Crippen molar-refractivity contribution < 1.29 is 4.79 Å². The second-order valence-corrected chi connectivity index (χ2v) is 7.29. The van der Waals surface area contributed by atoms with Crippen LogP contribution in [0.3, 0.4) is 0 Å². The standard InChI is InChI=1S/C19H32N4O.3ClH/c1-19(2,20)18(24)21-10-6-7-11-22-12-14-23(15-13-22)16-17-8-4-3-5-9-17;;;/h3-5,8-9H,6-7,10-16,20H2,1-2H3,(H,21,24);3*1H. The number of rotatable bonds is 8. The van der Waals surface area contributed by atoms with Crippen LogP contribution >= 0.6 is 37.2 Å². The monoisotopic (exact) mass is 440 g/mol. The number of carbonyl (C=O) groups excluding carboxylic acids is 1. The molecule has 1 aromatic carbocycles. The van der Waals surface area contributed by atoms with Gasteiger partial charge in [-0.2, -0.15) is 0 Å². The summed E-state index contributed by atoms with van der Waals surface area (Å²) in [6, 6.07) is 10.7. The number of nitrogens with one attached hydrogen (secondary N) is 1. The molecule has 3 N–H and O–H groups in total. The highest BCUT2D eigenvalue weighted by Gasteiger charge is 2.21. The van der Waals surface area contributed by atoms with E-state index in [0.29, 0.717) is 6.54 Å². The number of hydrogen-bond acceptors (Lipinski definition) is 4. The Kier molecular flexibility index (Phi) is 15.3. The molecular formula is C19H35Cl3N4O. The van der Waals surface area contributed by atoms with Gasteiger partial charge in [-0.05, 0) is 38.8 Å². The SMILES string of the molecule is CC(C)(N)C(=O)NCCCCN1CCN(Cc2ccccc2)CC1.Cl.Cl.Cl. The predicted octanol–water partition coefficient (Wildman–Crippen LogP) is 2.70. The van der Waals surface area contributed by atoms with Gasteiger partial charge in [0, 0.05) is 39.3 Å². The fourth-order valence-corrected chi connectivity index (χ4v) is 2.90. The number of carbonyl (C=O) groups is 1. The average molecular weight is 442 g/mol. The van der Waals surface area contributed by atoms with E-state index in [1.807, 2.05) is 0 Å². The molecule has 0 spiro atoms. The van der Waals surface area contributed by atoms with E-state index in [1.54, 1.807) is 13.8 Å². The van der Waals surface area contributed by atoms with Crippen molar-refractivity contribution in [3.63, 3.8) is 0 Å². The maximum Gasteiger partial charge on any atom is 0.239 e. The minimum atomic E-state index is -0.783. The number of amides is 1. The highest BCUT2D eigenvalue weighted by atomic mass is 35.5. The lowest BCUT2D eigenvalue weighted by Crippen LogP contribution is -2.49. The van der Waals surface area contributed by atoms with Crippen molar-refractivity contribution in [2.24, 2.45) is 5.73 Å². The van der Waals surface area contributed by atoms with Gasteiger partial charge in [-0.1, -0.05) is 30.3 Å². The van der Waals surface area contributed by atoms with E-state index in [9.17, 15) is 4.79 Å². The van der Waals surface area contributed by atoms with Crippen LogP contribution in [0.25, 0.3) is 0 Å². The average Bonchev–Trinajstić information content (AvgIpc) is 2.56. The van der Waals surface area contributed by atoms with E-state index < -0.39 is 5.54 Å². The first-order valence-corrected chi connectivity index (χ1v) is 9.01. The minimum Gasteiger partial charge on any atom is -0.355 e. The van der Waals surface area contributed by atoms with Gasteiger partial charge in [-0.15, -0.1) is 37.2 Å².